The SMILES string of the molecule is CN1CCc2[nH]c3c(Cl)nc(-c4ccccc4)nc3c2C1. The molecule has 1 N–H and O–H groups in total. The predicted octanol–water partition coefficient (Wildman–Crippen LogP) is 3.27. The Morgan fingerprint density at radius 3 is 2.81 bits per heavy atom. The van der Waals surface area contributed by atoms with Gasteiger partial charge in [0.05, 0.1) is 5.52 Å². The molecule has 0 saturated carbocycles. The molecule has 0 radical (unpaired) electrons. The quantitative estimate of drug-likeness (QED) is 0.701. The summed E-state index contributed by atoms with van der Waals surface area (Å²) >= 11 is 6.37. The third-order valence-corrected chi connectivity index (χ3v) is 4.27. The monoisotopic (exact) mass is 298 g/mol. The summed E-state index contributed by atoms with van der Waals surface area (Å²) in [6, 6.07) is 9.95. The van der Waals surface area contributed by atoms with Gasteiger partial charge in [0.25, 0.3) is 0 Å². The average molecular weight is 299 g/mol. The highest BCUT2D eigenvalue weighted by Gasteiger charge is 2.22. The molecular weight excluding hydrogens is 284 g/mol. The van der Waals surface area contributed by atoms with Crippen LogP contribution >= 0.6 is 11.6 Å². The van der Waals surface area contributed by atoms with Crippen LogP contribution in [0.15, 0.2) is 30.3 Å². The summed E-state index contributed by atoms with van der Waals surface area (Å²) in [6.45, 7) is 1.95. The second-order valence-corrected chi connectivity index (χ2v) is 5.86. The molecule has 0 saturated heterocycles. The number of nitrogens with zero attached hydrogens (tertiary/aromatic N) is 3. The van der Waals surface area contributed by atoms with E-state index in [-0.39, 0.29) is 0 Å². The van der Waals surface area contributed by atoms with Crippen molar-refractivity contribution in [3.8, 4) is 11.4 Å². The fourth-order valence-corrected chi connectivity index (χ4v) is 3.10. The van der Waals surface area contributed by atoms with E-state index in [0.717, 1.165) is 36.1 Å². The highest BCUT2D eigenvalue weighted by Crippen LogP contribution is 2.31. The van der Waals surface area contributed by atoms with E-state index in [1.165, 1.54) is 11.3 Å². The van der Waals surface area contributed by atoms with Crippen molar-refractivity contribution in [3.63, 3.8) is 0 Å². The van der Waals surface area contributed by atoms with Crippen LogP contribution in [0.5, 0.6) is 0 Å². The molecule has 4 rings (SSSR count). The van der Waals surface area contributed by atoms with Crippen molar-refractivity contribution in [1.29, 1.82) is 0 Å². The first-order valence-corrected chi connectivity index (χ1v) is 7.41. The smallest absolute Gasteiger partial charge is 0.161 e. The van der Waals surface area contributed by atoms with Crippen molar-refractivity contribution in [2.24, 2.45) is 0 Å². The first-order chi connectivity index (χ1) is 10.2. The van der Waals surface area contributed by atoms with Crippen LogP contribution in [0.3, 0.4) is 0 Å². The number of likely N-dealkylation sites (N-methyl/N-ethyl adjacent to an activating group) is 1. The van der Waals surface area contributed by atoms with Gasteiger partial charge in [-0.1, -0.05) is 41.9 Å². The highest BCUT2D eigenvalue weighted by atomic mass is 35.5. The van der Waals surface area contributed by atoms with E-state index >= 15 is 0 Å². The predicted molar refractivity (Wildman–Crippen MR) is 84.4 cm³/mol. The Bertz CT molecular complexity index is 810. The molecule has 3 aromatic rings. The molecule has 0 fully saturated rings. The zero-order valence-electron chi connectivity index (χ0n) is 11.7. The minimum absolute atomic E-state index is 0.496. The molecule has 106 valence electrons. The lowest BCUT2D eigenvalue weighted by molar-refractivity contribution is 0.313. The number of aromatic nitrogens is 3. The van der Waals surface area contributed by atoms with Crippen LogP contribution in [0.1, 0.15) is 11.3 Å². The van der Waals surface area contributed by atoms with Crippen molar-refractivity contribution in [1.82, 2.24) is 19.9 Å². The average Bonchev–Trinajstić information content (AvgIpc) is 2.87. The van der Waals surface area contributed by atoms with E-state index < -0.39 is 0 Å². The van der Waals surface area contributed by atoms with Crippen molar-refractivity contribution in [2.45, 2.75) is 13.0 Å². The Labute approximate surface area is 127 Å². The minimum atomic E-state index is 0.496. The summed E-state index contributed by atoms with van der Waals surface area (Å²) in [5.41, 5.74) is 5.29. The van der Waals surface area contributed by atoms with Gasteiger partial charge in [-0.3, -0.25) is 0 Å². The lowest BCUT2D eigenvalue weighted by Crippen LogP contribution is -2.26. The standard InChI is InChI=1S/C16H15ClN4/c1-21-8-7-12-11(9-21)13-14(18-12)15(17)20-16(19-13)10-5-3-2-4-6-10/h2-6,18H,7-9H2,1H3. The van der Waals surface area contributed by atoms with Crippen LogP contribution in [0.4, 0.5) is 0 Å². The molecule has 2 aromatic heterocycles. The van der Waals surface area contributed by atoms with Gasteiger partial charge < -0.3 is 9.88 Å². The Hall–Kier alpha value is -1.91. The van der Waals surface area contributed by atoms with Crippen LogP contribution in [0.25, 0.3) is 22.4 Å². The number of H-pyrrole nitrogens is 1. The summed E-state index contributed by atoms with van der Waals surface area (Å²) < 4.78 is 0. The highest BCUT2D eigenvalue weighted by molar-refractivity contribution is 6.33. The van der Waals surface area contributed by atoms with Crippen molar-refractivity contribution in [3.05, 3.63) is 46.7 Å². The number of nitrogens with one attached hydrogen (secondary N) is 1. The van der Waals surface area contributed by atoms with Gasteiger partial charge in [-0.05, 0) is 7.05 Å². The molecule has 0 atom stereocenters. The van der Waals surface area contributed by atoms with Gasteiger partial charge in [-0.25, -0.2) is 9.97 Å². The zero-order valence-corrected chi connectivity index (χ0v) is 12.5. The van der Waals surface area contributed by atoms with Crippen LogP contribution in [0.2, 0.25) is 5.15 Å². The van der Waals surface area contributed by atoms with Crippen LogP contribution in [-0.2, 0) is 13.0 Å². The van der Waals surface area contributed by atoms with Crippen molar-refractivity contribution >= 4 is 22.6 Å². The Morgan fingerprint density at radius 1 is 1.19 bits per heavy atom. The van der Waals surface area contributed by atoms with Crippen LogP contribution in [-0.4, -0.2) is 33.4 Å². The summed E-state index contributed by atoms with van der Waals surface area (Å²) in [7, 11) is 2.13. The molecule has 1 aliphatic heterocycles. The Morgan fingerprint density at radius 2 is 2.00 bits per heavy atom. The van der Waals surface area contributed by atoms with Gasteiger partial charge in [0.2, 0.25) is 0 Å². The van der Waals surface area contributed by atoms with Gasteiger partial charge in [0, 0.05) is 36.3 Å². The largest absolute Gasteiger partial charge is 0.354 e. The maximum absolute atomic E-state index is 6.37. The third-order valence-electron chi connectivity index (χ3n) is 3.99. The number of fused-ring (bicyclic) bond motifs is 3. The fourth-order valence-electron chi connectivity index (χ4n) is 2.88. The second kappa shape index (κ2) is 4.83. The molecule has 0 aliphatic carbocycles. The minimum Gasteiger partial charge on any atom is -0.354 e. The number of aromatic amines is 1. The van der Waals surface area contributed by atoms with Gasteiger partial charge in [0.1, 0.15) is 5.52 Å². The van der Waals surface area contributed by atoms with Crippen molar-refractivity contribution < 1.29 is 0 Å². The number of benzene rings is 1. The number of rotatable bonds is 1. The maximum atomic E-state index is 6.37. The molecule has 0 spiro atoms. The molecule has 4 nitrogen and oxygen atoms in total. The van der Waals surface area contributed by atoms with E-state index in [9.17, 15) is 0 Å². The van der Waals surface area contributed by atoms with E-state index in [2.05, 4.69) is 21.9 Å². The van der Waals surface area contributed by atoms with Crippen LogP contribution < -0.4 is 0 Å². The first-order valence-electron chi connectivity index (χ1n) is 7.03. The van der Waals surface area contributed by atoms with Crippen LogP contribution in [0, 0.1) is 0 Å². The summed E-state index contributed by atoms with van der Waals surface area (Å²) in [4.78, 5) is 14.9. The van der Waals surface area contributed by atoms with E-state index in [1.807, 2.05) is 30.3 Å². The third kappa shape index (κ3) is 2.11. The molecule has 21 heavy (non-hydrogen) atoms. The normalized spacial score (nSPS) is 15.3. The summed E-state index contributed by atoms with van der Waals surface area (Å²) in [5.74, 6) is 0.683. The number of hydrogen-bond acceptors (Lipinski definition) is 3. The number of hydrogen-bond donors (Lipinski definition) is 1. The topological polar surface area (TPSA) is 44.8 Å². The molecule has 5 heteroatoms. The summed E-state index contributed by atoms with van der Waals surface area (Å²) in [6.07, 6.45) is 0.999. The Kier molecular flexibility index (Phi) is 2.94. The van der Waals surface area contributed by atoms with Crippen molar-refractivity contribution in [2.75, 3.05) is 13.6 Å². The summed E-state index contributed by atoms with van der Waals surface area (Å²) in [5, 5.41) is 0.496. The molecule has 0 bridgehead atoms. The number of halogens is 1. The second-order valence-electron chi connectivity index (χ2n) is 5.50. The van der Waals surface area contributed by atoms with E-state index in [4.69, 9.17) is 16.6 Å². The van der Waals surface area contributed by atoms with E-state index in [1.54, 1.807) is 0 Å². The molecular formula is C16H15ClN4. The molecule has 0 unspecified atom stereocenters. The van der Waals surface area contributed by atoms with Gasteiger partial charge >= 0.3 is 0 Å². The first kappa shape index (κ1) is 12.8. The molecule has 1 aromatic carbocycles. The van der Waals surface area contributed by atoms with Gasteiger partial charge in [-0.15, -0.1) is 0 Å². The van der Waals surface area contributed by atoms with E-state index in [0.29, 0.717) is 11.0 Å². The maximum Gasteiger partial charge on any atom is 0.161 e. The lowest BCUT2D eigenvalue weighted by atomic mass is 10.1. The molecule has 3 heterocycles. The van der Waals surface area contributed by atoms with Gasteiger partial charge in [-0.2, -0.15) is 0 Å². The zero-order chi connectivity index (χ0) is 14.4. The van der Waals surface area contributed by atoms with Gasteiger partial charge in [0.15, 0.2) is 11.0 Å². The Balaban J connectivity index is 1.95. The lowest BCUT2D eigenvalue weighted by Gasteiger charge is -2.21. The molecule has 1 aliphatic rings. The fraction of sp³-hybridized carbons (Fsp3) is 0.250. The molecule has 0 amide bonds.